The molecule has 0 spiro atoms. The van der Waals surface area contributed by atoms with Crippen molar-refractivity contribution < 1.29 is 9.47 Å². The van der Waals surface area contributed by atoms with Gasteiger partial charge < -0.3 is 19.7 Å². The fourth-order valence-electron chi connectivity index (χ4n) is 2.78. The Labute approximate surface area is 118 Å². The first-order valence-corrected chi connectivity index (χ1v) is 7.57. The van der Waals surface area contributed by atoms with Crippen LogP contribution in [-0.4, -0.2) is 64.6 Å². The zero-order chi connectivity index (χ0) is 14.1. The van der Waals surface area contributed by atoms with Gasteiger partial charge in [-0.15, -0.1) is 0 Å². The lowest BCUT2D eigenvalue weighted by Gasteiger charge is -2.40. The first-order valence-electron chi connectivity index (χ1n) is 7.57. The summed E-state index contributed by atoms with van der Waals surface area (Å²) in [5.41, 5.74) is 0.282. The van der Waals surface area contributed by atoms with Crippen LogP contribution in [0.4, 0.5) is 0 Å². The van der Waals surface area contributed by atoms with Crippen LogP contribution in [0.5, 0.6) is 0 Å². The van der Waals surface area contributed by atoms with E-state index in [1.54, 1.807) is 7.11 Å². The monoisotopic (exact) mass is 272 g/mol. The molecule has 4 nitrogen and oxygen atoms in total. The highest BCUT2D eigenvalue weighted by molar-refractivity contribution is 4.87. The predicted molar refractivity (Wildman–Crippen MR) is 79.6 cm³/mol. The van der Waals surface area contributed by atoms with E-state index in [0.717, 1.165) is 45.9 Å². The molecule has 0 aliphatic carbocycles. The van der Waals surface area contributed by atoms with Crippen LogP contribution in [0.25, 0.3) is 0 Å². The van der Waals surface area contributed by atoms with Crippen LogP contribution in [0.15, 0.2) is 0 Å². The number of nitrogens with zero attached hydrogens (tertiary/aromatic N) is 1. The van der Waals surface area contributed by atoms with Crippen LogP contribution in [0.1, 0.15) is 33.1 Å². The van der Waals surface area contributed by atoms with Crippen LogP contribution in [-0.2, 0) is 9.47 Å². The molecule has 0 bridgehead atoms. The molecule has 0 amide bonds. The molecule has 1 aliphatic rings. The lowest BCUT2D eigenvalue weighted by molar-refractivity contribution is -0.0241. The first-order chi connectivity index (χ1) is 9.08. The Kier molecular flexibility index (Phi) is 7.91. The number of rotatable bonds is 9. The minimum absolute atomic E-state index is 0.282. The second kappa shape index (κ2) is 8.90. The minimum Gasteiger partial charge on any atom is -0.385 e. The predicted octanol–water partition coefficient (Wildman–Crippen LogP) is 1.75. The Morgan fingerprint density at radius 3 is 2.79 bits per heavy atom. The van der Waals surface area contributed by atoms with Gasteiger partial charge in [0.15, 0.2) is 0 Å². The summed E-state index contributed by atoms with van der Waals surface area (Å²) in [5, 5.41) is 3.60. The van der Waals surface area contributed by atoms with Crippen LogP contribution in [0.3, 0.4) is 0 Å². The number of hydrogen-bond acceptors (Lipinski definition) is 4. The molecule has 1 fully saturated rings. The highest BCUT2D eigenvalue weighted by atomic mass is 16.5. The molecular formula is C15H32N2O2. The van der Waals surface area contributed by atoms with Crippen molar-refractivity contribution in [2.24, 2.45) is 5.41 Å². The maximum absolute atomic E-state index is 5.75. The van der Waals surface area contributed by atoms with E-state index in [9.17, 15) is 0 Å². The van der Waals surface area contributed by atoms with E-state index in [-0.39, 0.29) is 5.41 Å². The third-order valence-corrected chi connectivity index (χ3v) is 3.78. The number of hydrogen-bond donors (Lipinski definition) is 1. The van der Waals surface area contributed by atoms with Gasteiger partial charge in [0.05, 0.1) is 6.61 Å². The smallest absolute Gasteiger partial charge is 0.0546 e. The van der Waals surface area contributed by atoms with Gasteiger partial charge in [0.25, 0.3) is 0 Å². The third kappa shape index (κ3) is 6.70. The Bertz CT molecular complexity index is 228. The summed E-state index contributed by atoms with van der Waals surface area (Å²) in [6.45, 7) is 10.3. The molecule has 1 N–H and O–H groups in total. The van der Waals surface area contributed by atoms with Crippen LogP contribution < -0.4 is 5.32 Å². The average Bonchev–Trinajstić information content (AvgIpc) is 2.38. The van der Waals surface area contributed by atoms with Crippen molar-refractivity contribution >= 4 is 0 Å². The molecule has 1 aliphatic heterocycles. The van der Waals surface area contributed by atoms with Crippen LogP contribution >= 0.6 is 0 Å². The van der Waals surface area contributed by atoms with Gasteiger partial charge in [0.2, 0.25) is 0 Å². The Hall–Kier alpha value is -0.160. The molecule has 114 valence electrons. The van der Waals surface area contributed by atoms with Gasteiger partial charge in [-0.1, -0.05) is 13.8 Å². The molecule has 1 unspecified atom stereocenters. The summed E-state index contributed by atoms with van der Waals surface area (Å²) in [4.78, 5) is 2.43. The summed E-state index contributed by atoms with van der Waals surface area (Å²) in [6.07, 6.45) is 3.55. The number of nitrogens with one attached hydrogen (secondary N) is 1. The van der Waals surface area contributed by atoms with E-state index in [1.807, 2.05) is 0 Å². The van der Waals surface area contributed by atoms with E-state index in [1.165, 1.54) is 12.8 Å². The quantitative estimate of drug-likeness (QED) is 0.648. The maximum Gasteiger partial charge on any atom is 0.0546 e. The Morgan fingerprint density at radius 2 is 2.21 bits per heavy atom. The summed E-state index contributed by atoms with van der Waals surface area (Å²) < 4.78 is 10.9. The summed E-state index contributed by atoms with van der Waals surface area (Å²) in [5.74, 6) is 0. The largest absolute Gasteiger partial charge is 0.385 e. The Balaban J connectivity index is 2.43. The summed E-state index contributed by atoms with van der Waals surface area (Å²) in [6, 6.07) is 0.539. The zero-order valence-corrected chi connectivity index (χ0v) is 13.2. The van der Waals surface area contributed by atoms with Gasteiger partial charge >= 0.3 is 0 Å². The molecule has 19 heavy (non-hydrogen) atoms. The van der Waals surface area contributed by atoms with Crippen molar-refractivity contribution in [1.82, 2.24) is 10.2 Å². The molecule has 4 heteroatoms. The van der Waals surface area contributed by atoms with E-state index < -0.39 is 0 Å². The van der Waals surface area contributed by atoms with Crippen molar-refractivity contribution in [2.45, 2.75) is 39.2 Å². The van der Waals surface area contributed by atoms with Crippen LogP contribution in [0.2, 0.25) is 0 Å². The highest BCUT2D eigenvalue weighted by Gasteiger charge is 2.33. The minimum atomic E-state index is 0.282. The summed E-state index contributed by atoms with van der Waals surface area (Å²) >= 11 is 0. The van der Waals surface area contributed by atoms with Crippen molar-refractivity contribution in [3.63, 3.8) is 0 Å². The standard InChI is InChI=1S/C15H32N2O2/c1-14(2)16-11-15(7-5-10-19-13-15)12-17(3)8-6-9-18-4/h14,16H,5-13H2,1-4H3. The third-order valence-electron chi connectivity index (χ3n) is 3.78. The van der Waals surface area contributed by atoms with Gasteiger partial charge in [-0.25, -0.2) is 0 Å². The van der Waals surface area contributed by atoms with Gasteiger partial charge in [-0.2, -0.15) is 0 Å². The van der Waals surface area contributed by atoms with E-state index in [2.05, 4.69) is 31.1 Å². The molecule has 1 atom stereocenters. The maximum atomic E-state index is 5.75. The van der Waals surface area contributed by atoms with Crippen molar-refractivity contribution in [3.05, 3.63) is 0 Å². The molecule has 0 aromatic heterocycles. The molecular weight excluding hydrogens is 240 g/mol. The molecule has 0 saturated carbocycles. The van der Waals surface area contributed by atoms with E-state index >= 15 is 0 Å². The second-order valence-electron chi connectivity index (χ2n) is 6.28. The van der Waals surface area contributed by atoms with Gasteiger partial charge in [0.1, 0.15) is 0 Å². The topological polar surface area (TPSA) is 33.7 Å². The van der Waals surface area contributed by atoms with Gasteiger partial charge in [0, 0.05) is 51.4 Å². The summed E-state index contributed by atoms with van der Waals surface area (Å²) in [7, 11) is 3.98. The zero-order valence-electron chi connectivity index (χ0n) is 13.2. The lowest BCUT2D eigenvalue weighted by Crippen LogP contribution is -2.49. The SMILES string of the molecule is COCCCN(C)CC1(CNC(C)C)CCCOC1. The highest BCUT2D eigenvalue weighted by Crippen LogP contribution is 2.29. The van der Waals surface area contributed by atoms with Gasteiger partial charge in [-0.3, -0.25) is 0 Å². The fraction of sp³-hybridized carbons (Fsp3) is 1.00. The van der Waals surface area contributed by atoms with Crippen molar-refractivity contribution in [1.29, 1.82) is 0 Å². The molecule has 1 saturated heterocycles. The van der Waals surface area contributed by atoms with E-state index in [0.29, 0.717) is 6.04 Å². The molecule has 0 radical (unpaired) electrons. The molecule has 1 rings (SSSR count). The lowest BCUT2D eigenvalue weighted by atomic mass is 9.81. The Morgan fingerprint density at radius 1 is 1.42 bits per heavy atom. The normalized spacial score (nSPS) is 24.3. The van der Waals surface area contributed by atoms with Crippen LogP contribution in [0, 0.1) is 5.41 Å². The molecule has 0 aromatic carbocycles. The molecule has 0 aromatic rings. The first kappa shape index (κ1) is 16.9. The fourth-order valence-corrected chi connectivity index (χ4v) is 2.78. The average molecular weight is 272 g/mol. The van der Waals surface area contributed by atoms with Gasteiger partial charge in [-0.05, 0) is 26.3 Å². The van der Waals surface area contributed by atoms with Crippen molar-refractivity contribution in [2.75, 3.05) is 53.6 Å². The second-order valence-corrected chi connectivity index (χ2v) is 6.28. The van der Waals surface area contributed by atoms with E-state index in [4.69, 9.17) is 9.47 Å². The van der Waals surface area contributed by atoms with Crippen molar-refractivity contribution in [3.8, 4) is 0 Å². The number of methoxy groups -OCH3 is 1. The number of ether oxygens (including phenoxy) is 2. The molecule has 1 heterocycles.